The first kappa shape index (κ1) is 18.3. The van der Waals surface area contributed by atoms with Crippen molar-refractivity contribution in [2.45, 2.75) is 44.7 Å². The number of hydrogen-bond acceptors (Lipinski definition) is 6. The van der Waals surface area contributed by atoms with Crippen molar-refractivity contribution in [1.29, 1.82) is 0 Å². The van der Waals surface area contributed by atoms with Crippen LogP contribution in [0.15, 0.2) is 24.7 Å². The first-order chi connectivity index (χ1) is 12.4. The summed E-state index contributed by atoms with van der Waals surface area (Å²) < 4.78 is 6.62. The molecule has 1 aliphatic heterocycles. The Bertz CT molecular complexity index is 748. The lowest BCUT2D eigenvalue weighted by molar-refractivity contribution is -0.151. The Balaban J connectivity index is 1.69. The topological polar surface area (TPSA) is 93.4 Å². The number of methoxy groups -OCH3 is 1. The Hall–Kier alpha value is -2.48. The van der Waals surface area contributed by atoms with Crippen molar-refractivity contribution in [3.8, 4) is 6.01 Å². The van der Waals surface area contributed by atoms with E-state index < -0.39 is 11.5 Å². The maximum absolute atomic E-state index is 12.1. The molecule has 140 valence electrons. The number of likely N-dealkylation sites (tertiary alicyclic amines) is 1. The van der Waals surface area contributed by atoms with Crippen LogP contribution in [0, 0.1) is 0 Å². The number of ether oxygens (including phenoxy) is 1. The molecule has 1 fully saturated rings. The molecule has 0 saturated carbocycles. The van der Waals surface area contributed by atoms with Crippen LogP contribution in [0.5, 0.6) is 6.01 Å². The van der Waals surface area contributed by atoms with E-state index in [2.05, 4.69) is 33.8 Å². The van der Waals surface area contributed by atoms with Gasteiger partial charge in [0, 0.05) is 43.8 Å². The molecule has 3 rings (SSSR count). The van der Waals surface area contributed by atoms with Crippen molar-refractivity contribution in [3.05, 3.63) is 35.9 Å². The molecule has 0 aliphatic carbocycles. The van der Waals surface area contributed by atoms with Crippen molar-refractivity contribution in [2.75, 3.05) is 20.2 Å². The number of carboxylic acid groups (broad SMARTS) is 1. The predicted octanol–water partition coefficient (Wildman–Crippen LogP) is 1.88. The Labute approximate surface area is 152 Å². The van der Waals surface area contributed by atoms with Gasteiger partial charge in [0.1, 0.15) is 0 Å². The van der Waals surface area contributed by atoms with E-state index in [1.165, 1.54) is 7.11 Å². The van der Waals surface area contributed by atoms with Gasteiger partial charge in [-0.2, -0.15) is 5.10 Å². The SMILES string of the molecule is COc1ncc(CN2CCC(C(=O)O)(n3ccc(C(C)C)n3)CC2)cn1. The third-order valence-corrected chi connectivity index (χ3v) is 4.99. The molecule has 0 radical (unpaired) electrons. The Kier molecular flexibility index (Phi) is 5.22. The molecule has 0 bridgehead atoms. The number of carboxylic acids is 1. The smallest absolute Gasteiger partial charge is 0.331 e. The van der Waals surface area contributed by atoms with E-state index in [9.17, 15) is 9.90 Å². The van der Waals surface area contributed by atoms with Crippen molar-refractivity contribution in [3.63, 3.8) is 0 Å². The van der Waals surface area contributed by atoms with Gasteiger partial charge in [-0.05, 0) is 24.8 Å². The van der Waals surface area contributed by atoms with Crippen LogP contribution in [0.3, 0.4) is 0 Å². The van der Waals surface area contributed by atoms with E-state index >= 15 is 0 Å². The highest BCUT2D eigenvalue weighted by Crippen LogP contribution is 2.31. The van der Waals surface area contributed by atoms with E-state index in [4.69, 9.17) is 4.74 Å². The molecule has 2 aromatic rings. The van der Waals surface area contributed by atoms with E-state index in [0.717, 1.165) is 11.3 Å². The van der Waals surface area contributed by atoms with Gasteiger partial charge in [0.2, 0.25) is 0 Å². The lowest BCUT2D eigenvalue weighted by Crippen LogP contribution is -2.51. The fourth-order valence-electron chi connectivity index (χ4n) is 3.29. The van der Waals surface area contributed by atoms with Gasteiger partial charge in [-0.3, -0.25) is 9.58 Å². The van der Waals surface area contributed by atoms with Gasteiger partial charge >= 0.3 is 12.0 Å². The molecule has 1 aliphatic rings. The van der Waals surface area contributed by atoms with Crippen molar-refractivity contribution in [2.24, 2.45) is 0 Å². The zero-order valence-electron chi connectivity index (χ0n) is 15.4. The molecule has 0 spiro atoms. The number of rotatable bonds is 6. The number of carbonyl (C=O) groups is 1. The zero-order chi connectivity index (χ0) is 18.7. The third-order valence-electron chi connectivity index (χ3n) is 4.99. The summed E-state index contributed by atoms with van der Waals surface area (Å²) >= 11 is 0. The van der Waals surface area contributed by atoms with Crippen LogP contribution < -0.4 is 4.74 Å². The minimum Gasteiger partial charge on any atom is -0.479 e. The van der Waals surface area contributed by atoms with Gasteiger partial charge in [0.05, 0.1) is 12.8 Å². The minimum atomic E-state index is -0.972. The number of nitrogens with zero attached hydrogens (tertiary/aromatic N) is 5. The molecule has 8 nitrogen and oxygen atoms in total. The lowest BCUT2D eigenvalue weighted by atomic mass is 9.87. The Morgan fingerprint density at radius 1 is 1.31 bits per heavy atom. The Morgan fingerprint density at radius 2 is 1.96 bits per heavy atom. The molecule has 8 heteroatoms. The van der Waals surface area contributed by atoms with E-state index in [1.54, 1.807) is 23.3 Å². The molecule has 1 saturated heterocycles. The van der Waals surface area contributed by atoms with E-state index in [0.29, 0.717) is 38.5 Å². The summed E-state index contributed by atoms with van der Waals surface area (Å²) in [5.41, 5.74) is 0.929. The van der Waals surface area contributed by atoms with Crippen LogP contribution in [0.25, 0.3) is 0 Å². The molecule has 0 aromatic carbocycles. The molecule has 3 heterocycles. The second-order valence-corrected chi connectivity index (χ2v) is 7.03. The first-order valence-electron chi connectivity index (χ1n) is 8.81. The van der Waals surface area contributed by atoms with Crippen molar-refractivity contribution < 1.29 is 14.6 Å². The number of aromatic nitrogens is 4. The highest BCUT2D eigenvalue weighted by atomic mass is 16.5. The third kappa shape index (κ3) is 3.55. The molecule has 0 unspecified atom stereocenters. The van der Waals surface area contributed by atoms with Gasteiger partial charge in [0.25, 0.3) is 0 Å². The molecular weight excluding hydrogens is 334 g/mol. The summed E-state index contributed by atoms with van der Waals surface area (Å²) in [6.07, 6.45) is 6.31. The van der Waals surface area contributed by atoms with Crippen LogP contribution in [0.2, 0.25) is 0 Å². The fourth-order valence-corrected chi connectivity index (χ4v) is 3.29. The monoisotopic (exact) mass is 359 g/mol. The molecule has 0 atom stereocenters. The maximum Gasteiger partial charge on any atom is 0.331 e. The van der Waals surface area contributed by atoms with Crippen LogP contribution in [0.1, 0.15) is 43.9 Å². The Morgan fingerprint density at radius 3 is 2.46 bits per heavy atom. The molecule has 0 amide bonds. The highest BCUT2D eigenvalue weighted by Gasteiger charge is 2.44. The lowest BCUT2D eigenvalue weighted by Gasteiger charge is -2.39. The van der Waals surface area contributed by atoms with Crippen LogP contribution in [-0.2, 0) is 16.9 Å². The molecule has 1 N–H and O–H groups in total. The molecule has 26 heavy (non-hydrogen) atoms. The predicted molar refractivity (Wildman–Crippen MR) is 95.0 cm³/mol. The normalized spacial score (nSPS) is 17.4. The largest absolute Gasteiger partial charge is 0.479 e. The van der Waals surface area contributed by atoms with Crippen molar-refractivity contribution >= 4 is 5.97 Å². The summed E-state index contributed by atoms with van der Waals surface area (Å²) in [6, 6.07) is 2.26. The summed E-state index contributed by atoms with van der Waals surface area (Å²) in [7, 11) is 1.53. The second-order valence-electron chi connectivity index (χ2n) is 7.03. The molecule has 2 aromatic heterocycles. The van der Waals surface area contributed by atoms with Crippen molar-refractivity contribution in [1.82, 2.24) is 24.6 Å². The van der Waals surface area contributed by atoms with Gasteiger partial charge in [0.15, 0.2) is 5.54 Å². The quantitative estimate of drug-likeness (QED) is 0.841. The van der Waals surface area contributed by atoms with E-state index in [-0.39, 0.29) is 5.92 Å². The summed E-state index contributed by atoms with van der Waals surface area (Å²) in [5, 5.41) is 14.4. The average Bonchev–Trinajstić information content (AvgIpc) is 3.14. The van der Waals surface area contributed by atoms with Crippen LogP contribution >= 0.6 is 0 Å². The van der Waals surface area contributed by atoms with Gasteiger partial charge in [-0.1, -0.05) is 13.8 Å². The fraction of sp³-hybridized carbons (Fsp3) is 0.556. The summed E-state index contributed by atoms with van der Waals surface area (Å²) in [5.74, 6) is -0.541. The minimum absolute atomic E-state index is 0.275. The zero-order valence-corrected chi connectivity index (χ0v) is 15.4. The number of aliphatic carboxylic acids is 1. The van der Waals surface area contributed by atoms with E-state index in [1.807, 2.05) is 6.07 Å². The van der Waals surface area contributed by atoms with Gasteiger partial charge < -0.3 is 9.84 Å². The van der Waals surface area contributed by atoms with Gasteiger partial charge in [-0.25, -0.2) is 14.8 Å². The molecular formula is C18H25N5O3. The number of hydrogen-bond donors (Lipinski definition) is 1. The highest BCUT2D eigenvalue weighted by molar-refractivity contribution is 5.76. The summed E-state index contributed by atoms with van der Waals surface area (Å²) in [4.78, 5) is 22.5. The maximum atomic E-state index is 12.1. The second kappa shape index (κ2) is 7.41. The summed E-state index contributed by atoms with van der Waals surface area (Å²) in [6.45, 7) is 6.15. The average molecular weight is 359 g/mol. The first-order valence-corrected chi connectivity index (χ1v) is 8.81. The van der Waals surface area contributed by atoms with Crippen LogP contribution in [-0.4, -0.2) is 55.9 Å². The number of piperidine rings is 1. The standard InChI is InChI=1S/C18H25N5O3/c1-13(2)15-4-7-23(21-15)18(16(24)25)5-8-22(9-6-18)12-14-10-19-17(26-3)20-11-14/h4,7,10-11,13H,5-6,8-9,12H2,1-3H3,(H,24,25). The van der Waals surface area contributed by atoms with Crippen LogP contribution in [0.4, 0.5) is 0 Å². The van der Waals surface area contributed by atoms with Gasteiger partial charge in [-0.15, -0.1) is 0 Å².